The summed E-state index contributed by atoms with van der Waals surface area (Å²) in [4.78, 5) is 34.7. The maximum Gasteiger partial charge on any atom is 0.472 e. The van der Waals surface area contributed by atoms with E-state index >= 15 is 0 Å². The van der Waals surface area contributed by atoms with Gasteiger partial charge in [-0.1, -0.05) is 60.7 Å². The molecule has 2 aromatic carbocycles. The highest BCUT2D eigenvalue weighted by Crippen LogP contribution is 2.43. The van der Waals surface area contributed by atoms with Crippen molar-refractivity contribution >= 4 is 19.8 Å². The Kier molecular flexibility index (Phi) is 13.7. The molecule has 0 aliphatic carbocycles. The van der Waals surface area contributed by atoms with E-state index < -0.39 is 32.5 Å². The van der Waals surface area contributed by atoms with Gasteiger partial charge >= 0.3 is 19.8 Å². The molecule has 0 aliphatic heterocycles. The van der Waals surface area contributed by atoms with Crippen molar-refractivity contribution in [3.63, 3.8) is 0 Å². The van der Waals surface area contributed by atoms with Gasteiger partial charge in [0.25, 0.3) is 0 Å². The Morgan fingerprint density at radius 3 is 1.87 bits per heavy atom. The molecule has 0 saturated heterocycles. The van der Waals surface area contributed by atoms with E-state index in [0.29, 0.717) is 30.3 Å². The quantitative estimate of drug-likeness (QED) is 0.166. The average molecular weight is 551 g/mol. The fourth-order valence-corrected chi connectivity index (χ4v) is 4.17. The summed E-state index contributed by atoms with van der Waals surface area (Å²) in [6, 6.07) is 19.6. The highest BCUT2D eigenvalue weighted by Gasteiger charge is 2.27. The number of hydrogen-bond donors (Lipinski definition) is 1. The minimum atomic E-state index is -4.38. The third-order valence-electron chi connectivity index (χ3n) is 5.55. The Labute approximate surface area is 225 Å². The van der Waals surface area contributed by atoms with Crippen LogP contribution in [0.1, 0.15) is 36.8 Å². The number of rotatable bonds is 18. The van der Waals surface area contributed by atoms with Gasteiger partial charge in [0.15, 0.2) is 6.10 Å². The Balaban J connectivity index is 1.83. The van der Waals surface area contributed by atoms with E-state index in [-0.39, 0.29) is 26.1 Å². The molecule has 9 nitrogen and oxygen atoms in total. The first kappa shape index (κ1) is 31.7. The molecule has 0 saturated carbocycles. The summed E-state index contributed by atoms with van der Waals surface area (Å²) >= 11 is 0. The van der Waals surface area contributed by atoms with Crippen molar-refractivity contribution in [1.82, 2.24) is 0 Å². The second-order valence-corrected chi connectivity index (χ2v) is 11.5. The van der Waals surface area contributed by atoms with Crippen LogP contribution in [-0.2, 0) is 45.5 Å². The number of phosphoric ester groups is 1. The largest absolute Gasteiger partial charge is 0.472 e. The lowest BCUT2D eigenvalue weighted by Crippen LogP contribution is -2.37. The van der Waals surface area contributed by atoms with Gasteiger partial charge in [-0.3, -0.25) is 18.6 Å². The zero-order chi connectivity index (χ0) is 27.9. The second-order valence-electron chi connectivity index (χ2n) is 10.1. The van der Waals surface area contributed by atoms with Crippen molar-refractivity contribution in [2.45, 2.75) is 44.6 Å². The number of esters is 2. The van der Waals surface area contributed by atoms with Crippen LogP contribution in [0, 0.1) is 0 Å². The van der Waals surface area contributed by atoms with Crippen molar-refractivity contribution in [3.8, 4) is 0 Å². The van der Waals surface area contributed by atoms with Gasteiger partial charge in [-0.2, -0.15) is 0 Å². The van der Waals surface area contributed by atoms with Crippen molar-refractivity contribution in [2.24, 2.45) is 0 Å². The summed E-state index contributed by atoms with van der Waals surface area (Å²) in [5.74, 6) is -0.953. The van der Waals surface area contributed by atoms with E-state index in [0.717, 1.165) is 17.5 Å². The van der Waals surface area contributed by atoms with Gasteiger partial charge < -0.3 is 18.9 Å². The molecule has 2 aromatic rings. The van der Waals surface area contributed by atoms with E-state index in [4.69, 9.17) is 18.5 Å². The van der Waals surface area contributed by atoms with Gasteiger partial charge in [-0.05, 0) is 36.8 Å². The van der Waals surface area contributed by atoms with Crippen LogP contribution >= 0.6 is 7.82 Å². The smallest absolute Gasteiger partial charge is 0.462 e. The number of quaternary nitrogens is 1. The summed E-state index contributed by atoms with van der Waals surface area (Å²) in [6.07, 6.45) is 1.92. The predicted molar refractivity (Wildman–Crippen MR) is 144 cm³/mol. The molecule has 10 heteroatoms. The monoisotopic (exact) mass is 550 g/mol. The number of likely N-dealkylation sites (N-methyl/N-ethyl adjacent to an activating group) is 1. The first-order chi connectivity index (χ1) is 18.0. The van der Waals surface area contributed by atoms with Crippen LogP contribution in [0.4, 0.5) is 0 Å². The van der Waals surface area contributed by atoms with Crippen LogP contribution in [0.5, 0.6) is 0 Å². The molecule has 210 valence electrons. The van der Waals surface area contributed by atoms with Gasteiger partial charge in [-0.25, -0.2) is 4.57 Å². The van der Waals surface area contributed by atoms with Crippen LogP contribution in [0.2, 0.25) is 0 Å². The van der Waals surface area contributed by atoms with E-state index in [1.165, 1.54) is 0 Å². The minimum absolute atomic E-state index is 0.0115. The Bertz CT molecular complexity index is 1010. The molecule has 2 rings (SSSR count). The lowest BCUT2D eigenvalue weighted by Gasteiger charge is -2.24. The normalized spacial score (nSPS) is 13.9. The van der Waals surface area contributed by atoms with Gasteiger partial charge in [0.2, 0.25) is 0 Å². The highest BCUT2D eigenvalue weighted by atomic mass is 31.2. The summed E-state index contributed by atoms with van der Waals surface area (Å²) in [5, 5.41) is 0. The Hall–Kier alpha value is -2.55. The highest BCUT2D eigenvalue weighted by molar-refractivity contribution is 7.47. The third kappa shape index (κ3) is 15.0. The molecule has 0 fully saturated rings. The lowest BCUT2D eigenvalue weighted by atomic mass is 10.1. The van der Waals surface area contributed by atoms with E-state index in [9.17, 15) is 19.0 Å². The van der Waals surface area contributed by atoms with Crippen LogP contribution in [0.25, 0.3) is 0 Å². The van der Waals surface area contributed by atoms with E-state index in [2.05, 4.69) is 0 Å². The molecule has 0 radical (unpaired) electrons. The molecule has 0 bridgehead atoms. The molecule has 0 aromatic heterocycles. The maximum atomic E-state index is 12.4. The van der Waals surface area contributed by atoms with E-state index in [1.807, 2.05) is 81.8 Å². The fraction of sp³-hybridized carbons (Fsp3) is 0.500. The molecule has 38 heavy (non-hydrogen) atoms. The number of carbonyl (C=O) groups excluding carboxylic acids is 2. The topological polar surface area (TPSA) is 108 Å². The summed E-state index contributed by atoms with van der Waals surface area (Å²) < 4.78 is 33.7. The Morgan fingerprint density at radius 1 is 0.816 bits per heavy atom. The molecule has 0 heterocycles. The van der Waals surface area contributed by atoms with Crippen molar-refractivity contribution in [3.05, 3.63) is 71.8 Å². The Morgan fingerprint density at radius 2 is 1.34 bits per heavy atom. The zero-order valence-electron chi connectivity index (χ0n) is 22.6. The van der Waals surface area contributed by atoms with E-state index in [1.54, 1.807) is 0 Å². The molecular weight excluding hydrogens is 509 g/mol. The number of hydrogen-bond acceptors (Lipinski definition) is 7. The van der Waals surface area contributed by atoms with Gasteiger partial charge in [-0.15, -0.1) is 0 Å². The number of ether oxygens (including phenoxy) is 2. The number of aryl methyl sites for hydroxylation is 2. The first-order valence-corrected chi connectivity index (χ1v) is 14.4. The summed E-state index contributed by atoms with van der Waals surface area (Å²) in [6.45, 7) is -0.223. The zero-order valence-corrected chi connectivity index (χ0v) is 23.5. The standard InChI is InChI=1S/C28H40NO8P/c1-29(2,3)20-21-35-38(32,33)36-23-26(37-28(31)19-11-17-25-14-8-5-9-15-25)22-34-27(30)18-10-16-24-12-6-4-7-13-24/h4-9,12-15,26H,10-11,16-23H2,1-3H3/p+1. The molecular formula is C28H41NO8P+. The molecule has 2 atom stereocenters. The molecule has 0 aliphatic rings. The maximum absolute atomic E-state index is 12.4. The number of phosphoric acid groups is 1. The van der Waals surface area contributed by atoms with Crippen molar-refractivity contribution in [1.29, 1.82) is 0 Å². The predicted octanol–water partition coefficient (Wildman–Crippen LogP) is 4.33. The number of nitrogens with zero attached hydrogens (tertiary/aromatic N) is 1. The van der Waals surface area contributed by atoms with Gasteiger partial charge in [0.05, 0.1) is 27.7 Å². The van der Waals surface area contributed by atoms with Crippen LogP contribution in [0.15, 0.2) is 60.7 Å². The number of benzene rings is 2. The first-order valence-electron chi connectivity index (χ1n) is 12.9. The van der Waals surface area contributed by atoms with Crippen LogP contribution in [-0.4, -0.2) is 74.9 Å². The molecule has 2 unspecified atom stereocenters. The molecule has 0 spiro atoms. The third-order valence-corrected chi connectivity index (χ3v) is 6.53. The summed E-state index contributed by atoms with van der Waals surface area (Å²) in [5.41, 5.74) is 2.23. The van der Waals surface area contributed by atoms with Gasteiger partial charge in [0.1, 0.15) is 19.8 Å². The van der Waals surface area contributed by atoms with Crippen LogP contribution < -0.4 is 0 Å². The summed E-state index contributed by atoms with van der Waals surface area (Å²) in [7, 11) is 1.40. The number of carbonyl (C=O) groups is 2. The fourth-order valence-electron chi connectivity index (χ4n) is 3.43. The van der Waals surface area contributed by atoms with Crippen molar-refractivity contribution in [2.75, 3.05) is 47.5 Å². The lowest BCUT2D eigenvalue weighted by molar-refractivity contribution is -0.870. The van der Waals surface area contributed by atoms with Crippen molar-refractivity contribution < 1.29 is 42.1 Å². The van der Waals surface area contributed by atoms with Crippen LogP contribution in [0.3, 0.4) is 0 Å². The molecule has 0 amide bonds. The molecule has 1 N–H and O–H groups in total. The second kappa shape index (κ2) is 16.4. The average Bonchev–Trinajstić information content (AvgIpc) is 2.86. The SMILES string of the molecule is C[N+](C)(C)CCOP(=O)(O)OCC(COC(=O)CCCc1ccccc1)OC(=O)CCCc1ccccc1. The van der Waals surface area contributed by atoms with Gasteiger partial charge in [0, 0.05) is 12.8 Å². The minimum Gasteiger partial charge on any atom is -0.462 e.